The first kappa shape index (κ1) is 22.6. The summed E-state index contributed by atoms with van der Waals surface area (Å²) in [6.07, 6.45) is 4.36. The van der Waals surface area contributed by atoms with Gasteiger partial charge in [-0.1, -0.05) is 49.7 Å². The number of amides is 4. The summed E-state index contributed by atoms with van der Waals surface area (Å²) in [5, 5.41) is 2.93. The van der Waals surface area contributed by atoms with Crippen LogP contribution in [0.25, 0.3) is 6.08 Å². The number of carbonyl (C=O) groups is 3. The summed E-state index contributed by atoms with van der Waals surface area (Å²) >= 11 is 5.96. The Labute approximate surface area is 197 Å². The summed E-state index contributed by atoms with van der Waals surface area (Å²) in [6, 6.07) is 17.6. The van der Waals surface area contributed by atoms with Gasteiger partial charge in [0, 0.05) is 23.5 Å². The number of benzene rings is 2. The largest absolute Gasteiger partial charge is 0.344 e. The SMILES string of the molecule is CC[C@H](C)c1ccc(N2C(=O)NC(=O)/C(=C/c3cccn3Cc3ccc(Cl)cc3)C2=O)cc1. The number of barbiturate groups is 1. The normalized spacial score (nSPS) is 16.3. The standard InChI is InChI=1S/C26H24ClN3O3/c1-3-17(2)19-8-12-21(13-9-19)30-25(32)23(24(31)28-26(30)33)15-22-5-4-14-29(22)16-18-6-10-20(27)11-7-18/h4-15,17H,3,16H2,1-2H3,(H,28,31,33)/b23-15-/t17-/m0/s1. The predicted molar refractivity (Wildman–Crippen MR) is 129 cm³/mol. The lowest BCUT2D eigenvalue weighted by molar-refractivity contribution is -0.122. The average molecular weight is 462 g/mol. The van der Waals surface area contributed by atoms with Gasteiger partial charge in [-0.2, -0.15) is 0 Å². The van der Waals surface area contributed by atoms with Crippen LogP contribution in [0.15, 0.2) is 72.4 Å². The van der Waals surface area contributed by atoms with Gasteiger partial charge in [0.05, 0.1) is 5.69 Å². The van der Waals surface area contributed by atoms with Gasteiger partial charge in [-0.3, -0.25) is 14.9 Å². The first-order valence-electron chi connectivity index (χ1n) is 10.8. The average Bonchev–Trinajstić information content (AvgIpc) is 3.24. The van der Waals surface area contributed by atoms with E-state index < -0.39 is 17.8 Å². The van der Waals surface area contributed by atoms with Gasteiger partial charge in [0.2, 0.25) is 0 Å². The number of nitrogens with one attached hydrogen (secondary N) is 1. The van der Waals surface area contributed by atoms with E-state index >= 15 is 0 Å². The number of anilines is 1. The third-order valence-corrected chi connectivity index (χ3v) is 6.11. The molecule has 1 saturated heterocycles. The Kier molecular flexibility index (Phi) is 6.47. The fraction of sp³-hybridized carbons (Fsp3) is 0.192. The Hall–Kier alpha value is -3.64. The monoisotopic (exact) mass is 461 g/mol. The van der Waals surface area contributed by atoms with Crippen molar-refractivity contribution in [3.05, 3.63) is 94.3 Å². The van der Waals surface area contributed by atoms with Gasteiger partial charge in [-0.05, 0) is 65.9 Å². The number of imide groups is 2. The minimum Gasteiger partial charge on any atom is -0.344 e. The zero-order chi connectivity index (χ0) is 23.5. The lowest BCUT2D eigenvalue weighted by atomic mass is 9.98. The van der Waals surface area contributed by atoms with Crippen LogP contribution >= 0.6 is 11.6 Å². The van der Waals surface area contributed by atoms with Gasteiger partial charge in [0.1, 0.15) is 5.57 Å². The number of nitrogens with zero attached hydrogens (tertiary/aromatic N) is 2. The smallest absolute Gasteiger partial charge is 0.335 e. The molecule has 0 aliphatic carbocycles. The molecule has 0 unspecified atom stereocenters. The fourth-order valence-corrected chi connectivity index (χ4v) is 3.84. The van der Waals surface area contributed by atoms with Crippen molar-refractivity contribution in [1.82, 2.24) is 9.88 Å². The van der Waals surface area contributed by atoms with Crippen LogP contribution in [-0.4, -0.2) is 22.4 Å². The Morgan fingerprint density at radius 1 is 1.00 bits per heavy atom. The van der Waals surface area contributed by atoms with Crippen LogP contribution < -0.4 is 10.2 Å². The van der Waals surface area contributed by atoms with Gasteiger partial charge < -0.3 is 4.57 Å². The van der Waals surface area contributed by atoms with Crippen LogP contribution in [0.2, 0.25) is 5.02 Å². The van der Waals surface area contributed by atoms with Crippen molar-refractivity contribution < 1.29 is 14.4 Å². The maximum Gasteiger partial charge on any atom is 0.335 e. The summed E-state index contributed by atoms with van der Waals surface area (Å²) in [6.45, 7) is 4.76. The molecule has 168 valence electrons. The van der Waals surface area contributed by atoms with Crippen molar-refractivity contribution >= 4 is 41.2 Å². The number of hydrogen-bond donors (Lipinski definition) is 1. The number of aromatic nitrogens is 1. The van der Waals surface area contributed by atoms with E-state index in [0.717, 1.165) is 22.4 Å². The molecule has 1 atom stereocenters. The van der Waals surface area contributed by atoms with E-state index in [-0.39, 0.29) is 5.57 Å². The maximum atomic E-state index is 13.2. The van der Waals surface area contributed by atoms with Crippen molar-refractivity contribution in [3.63, 3.8) is 0 Å². The summed E-state index contributed by atoms with van der Waals surface area (Å²) in [7, 11) is 0. The van der Waals surface area contributed by atoms with Gasteiger partial charge in [-0.25, -0.2) is 9.69 Å². The lowest BCUT2D eigenvalue weighted by Gasteiger charge is -2.26. The number of urea groups is 1. The third-order valence-electron chi connectivity index (χ3n) is 5.86. The molecular formula is C26H24ClN3O3. The van der Waals surface area contributed by atoms with Gasteiger partial charge >= 0.3 is 6.03 Å². The molecular weight excluding hydrogens is 438 g/mol. The van der Waals surface area contributed by atoms with E-state index in [4.69, 9.17) is 11.6 Å². The molecule has 2 aromatic carbocycles. The molecule has 33 heavy (non-hydrogen) atoms. The fourth-order valence-electron chi connectivity index (χ4n) is 3.72. The highest BCUT2D eigenvalue weighted by Gasteiger charge is 2.37. The zero-order valence-corrected chi connectivity index (χ0v) is 19.2. The van der Waals surface area contributed by atoms with E-state index in [1.807, 2.05) is 59.3 Å². The Balaban J connectivity index is 1.62. The van der Waals surface area contributed by atoms with Crippen molar-refractivity contribution in [1.29, 1.82) is 0 Å². The van der Waals surface area contributed by atoms with E-state index in [2.05, 4.69) is 19.2 Å². The number of hydrogen-bond acceptors (Lipinski definition) is 3. The van der Waals surface area contributed by atoms with E-state index in [0.29, 0.717) is 28.9 Å². The second-order valence-electron chi connectivity index (χ2n) is 8.05. The van der Waals surface area contributed by atoms with Crippen molar-refractivity contribution in [3.8, 4) is 0 Å². The van der Waals surface area contributed by atoms with Crippen LogP contribution in [0.3, 0.4) is 0 Å². The molecule has 3 aromatic rings. The molecule has 0 spiro atoms. The Bertz CT molecular complexity index is 1230. The van der Waals surface area contributed by atoms with Crippen molar-refractivity contribution in [2.24, 2.45) is 0 Å². The van der Waals surface area contributed by atoms with Crippen molar-refractivity contribution in [2.45, 2.75) is 32.7 Å². The minimum absolute atomic E-state index is 0.100. The summed E-state index contributed by atoms with van der Waals surface area (Å²) < 4.78 is 1.92. The van der Waals surface area contributed by atoms with Crippen LogP contribution in [0.1, 0.15) is 43.0 Å². The number of halogens is 1. The second-order valence-corrected chi connectivity index (χ2v) is 8.48. The quantitative estimate of drug-likeness (QED) is 0.396. The van der Waals surface area contributed by atoms with Crippen LogP contribution in [-0.2, 0) is 16.1 Å². The summed E-state index contributed by atoms with van der Waals surface area (Å²) in [4.78, 5) is 39.2. The molecule has 0 saturated carbocycles. The van der Waals surface area contributed by atoms with E-state index in [1.54, 1.807) is 12.1 Å². The molecule has 0 bridgehead atoms. The second kappa shape index (κ2) is 9.46. The molecule has 6 nitrogen and oxygen atoms in total. The number of carbonyl (C=O) groups excluding carboxylic acids is 3. The van der Waals surface area contributed by atoms with E-state index in [1.165, 1.54) is 6.08 Å². The molecule has 1 aromatic heterocycles. The van der Waals surface area contributed by atoms with Crippen LogP contribution in [0.4, 0.5) is 10.5 Å². The Morgan fingerprint density at radius 2 is 1.70 bits per heavy atom. The molecule has 2 heterocycles. The van der Waals surface area contributed by atoms with E-state index in [9.17, 15) is 14.4 Å². The summed E-state index contributed by atoms with van der Waals surface area (Å²) in [5.74, 6) is -0.994. The molecule has 0 radical (unpaired) electrons. The lowest BCUT2D eigenvalue weighted by Crippen LogP contribution is -2.54. The molecule has 1 N–H and O–H groups in total. The summed E-state index contributed by atoms with van der Waals surface area (Å²) in [5.41, 5.74) is 3.13. The number of rotatable bonds is 6. The molecule has 4 amide bonds. The molecule has 7 heteroatoms. The van der Waals surface area contributed by atoms with Gasteiger partial charge in [-0.15, -0.1) is 0 Å². The first-order chi connectivity index (χ1) is 15.9. The molecule has 1 aliphatic rings. The zero-order valence-electron chi connectivity index (χ0n) is 18.4. The third kappa shape index (κ3) is 4.76. The molecule has 4 rings (SSSR count). The van der Waals surface area contributed by atoms with Crippen LogP contribution in [0, 0.1) is 0 Å². The van der Waals surface area contributed by atoms with Crippen molar-refractivity contribution in [2.75, 3.05) is 4.90 Å². The minimum atomic E-state index is -0.755. The highest BCUT2D eigenvalue weighted by molar-refractivity contribution is 6.39. The Morgan fingerprint density at radius 3 is 2.36 bits per heavy atom. The highest BCUT2D eigenvalue weighted by Crippen LogP contribution is 2.26. The van der Waals surface area contributed by atoms with Gasteiger partial charge in [0.15, 0.2) is 0 Å². The first-order valence-corrected chi connectivity index (χ1v) is 11.2. The highest BCUT2D eigenvalue weighted by atomic mass is 35.5. The molecule has 1 fully saturated rings. The predicted octanol–water partition coefficient (Wildman–Crippen LogP) is 5.37. The molecule has 1 aliphatic heterocycles. The topological polar surface area (TPSA) is 71.4 Å². The van der Waals surface area contributed by atoms with Gasteiger partial charge in [0.25, 0.3) is 11.8 Å². The van der Waals surface area contributed by atoms with Crippen LogP contribution in [0.5, 0.6) is 0 Å². The maximum absolute atomic E-state index is 13.2.